The van der Waals surface area contributed by atoms with E-state index in [0.717, 1.165) is 15.9 Å². The third-order valence-electron chi connectivity index (χ3n) is 4.21. The van der Waals surface area contributed by atoms with Gasteiger partial charge in [0, 0.05) is 18.0 Å². The van der Waals surface area contributed by atoms with Crippen molar-refractivity contribution in [2.75, 3.05) is 6.54 Å². The van der Waals surface area contributed by atoms with Gasteiger partial charge in [-0.3, -0.25) is 13.9 Å². The number of amides is 1. The summed E-state index contributed by atoms with van der Waals surface area (Å²) in [7, 11) is 0. The minimum Gasteiger partial charge on any atom is -0.332 e. The van der Waals surface area contributed by atoms with E-state index >= 15 is 0 Å². The maximum absolute atomic E-state index is 12.9. The second kappa shape index (κ2) is 7.93. The van der Waals surface area contributed by atoms with Gasteiger partial charge in [0.1, 0.15) is 6.54 Å². The highest BCUT2D eigenvalue weighted by molar-refractivity contribution is 7.16. The molecular formula is C19H20ClN3O2S. The predicted molar refractivity (Wildman–Crippen MR) is 107 cm³/mol. The van der Waals surface area contributed by atoms with Gasteiger partial charge in [-0.15, -0.1) is 17.9 Å². The average Bonchev–Trinajstić information content (AvgIpc) is 3.16. The summed E-state index contributed by atoms with van der Waals surface area (Å²) in [5, 5.41) is 0. The van der Waals surface area contributed by atoms with Crippen LogP contribution in [0.3, 0.4) is 0 Å². The average molecular weight is 390 g/mol. The first-order valence-electron chi connectivity index (χ1n) is 8.36. The highest BCUT2D eigenvalue weighted by Crippen LogP contribution is 2.23. The maximum atomic E-state index is 12.9. The summed E-state index contributed by atoms with van der Waals surface area (Å²) >= 11 is 7.43. The van der Waals surface area contributed by atoms with E-state index in [1.165, 1.54) is 11.3 Å². The zero-order chi connectivity index (χ0) is 18.7. The molecule has 5 nitrogen and oxygen atoms in total. The lowest BCUT2D eigenvalue weighted by Crippen LogP contribution is -2.36. The molecule has 1 aromatic carbocycles. The van der Waals surface area contributed by atoms with Crippen molar-refractivity contribution in [1.82, 2.24) is 14.0 Å². The van der Waals surface area contributed by atoms with Gasteiger partial charge in [0.25, 0.3) is 0 Å². The Labute approximate surface area is 160 Å². The van der Waals surface area contributed by atoms with E-state index < -0.39 is 0 Å². The van der Waals surface area contributed by atoms with E-state index in [-0.39, 0.29) is 18.1 Å². The van der Waals surface area contributed by atoms with Crippen LogP contribution in [0.5, 0.6) is 0 Å². The first-order chi connectivity index (χ1) is 12.5. The number of thiophene rings is 1. The lowest BCUT2D eigenvalue weighted by molar-refractivity contribution is -0.131. The largest absolute Gasteiger partial charge is 0.332 e. The molecule has 0 saturated carbocycles. The molecule has 0 radical (unpaired) electrons. The number of carbonyl (C=O) groups is 1. The molecule has 0 atom stereocenters. The number of imidazole rings is 1. The monoisotopic (exact) mass is 389 g/mol. The first kappa shape index (κ1) is 18.5. The molecule has 0 aliphatic carbocycles. The molecule has 3 aromatic rings. The third kappa shape index (κ3) is 3.61. The number of hydrogen-bond donors (Lipinski definition) is 0. The Balaban J connectivity index is 1.90. The van der Waals surface area contributed by atoms with E-state index in [0.29, 0.717) is 24.0 Å². The van der Waals surface area contributed by atoms with Crippen LogP contribution >= 0.6 is 22.9 Å². The van der Waals surface area contributed by atoms with Gasteiger partial charge in [0.05, 0.1) is 21.9 Å². The van der Waals surface area contributed by atoms with Gasteiger partial charge in [0.2, 0.25) is 5.91 Å². The Kier molecular flexibility index (Phi) is 5.64. The maximum Gasteiger partial charge on any atom is 0.329 e. The molecule has 136 valence electrons. The minimum atomic E-state index is -0.167. The summed E-state index contributed by atoms with van der Waals surface area (Å²) < 4.78 is 3.91. The minimum absolute atomic E-state index is 0.000700. The number of rotatable bonds is 7. The standard InChI is InChI=1S/C19H20ClN3O2S/c1-3-11-21(12-14-9-10-17(20)26-14)18(24)13-23-16-8-6-5-7-15(16)22(4-2)19(23)25/h3,5-10H,1,4,11-13H2,2H3. The fourth-order valence-electron chi connectivity index (χ4n) is 3.00. The summed E-state index contributed by atoms with van der Waals surface area (Å²) in [6, 6.07) is 11.3. The number of fused-ring (bicyclic) bond motifs is 1. The summed E-state index contributed by atoms with van der Waals surface area (Å²) in [5.41, 5.74) is 1.44. The van der Waals surface area contributed by atoms with Crippen LogP contribution in [0.15, 0.2) is 53.8 Å². The van der Waals surface area contributed by atoms with Crippen molar-refractivity contribution in [3.05, 3.63) is 68.8 Å². The number of halogens is 1. The van der Waals surface area contributed by atoms with Crippen LogP contribution in [0.1, 0.15) is 11.8 Å². The Morgan fingerprint density at radius 3 is 2.50 bits per heavy atom. The number of para-hydroxylation sites is 2. The Morgan fingerprint density at radius 1 is 1.23 bits per heavy atom. The molecule has 26 heavy (non-hydrogen) atoms. The zero-order valence-corrected chi connectivity index (χ0v) is 16.1. The van der Waals surface area contributed by atoms with E-state index in [1.54, 1.807) is 20.1 Å². The van der Waals surface area contributed by atoms with Crippen molar-refractivity contribution >= 4 is 39.9 Å². The van der Waals surface area contributed by atoms with Gasteiger partial charge >= 0.3 is 5.69 Å². The highest BCUT2D eigenvalue weighted by atomic mass is 35.5. The van der Waals surface area contributed by atoms with Gasteiger partial charge < -0.3 is 4.90 Å². The van der Waals surface area contributed by atoms with Crippen molar-refractivity contribution in [2.24, 2.45) is 0 Å². The fraction of sp³-hybridized carbons (Fsp3) is 0.263. The molecule has 0 spiro atoms. The fourth-order valence-corrected chi connectivity index (χ4v) is 4.10. The lowest BCUT2D eigenvalue weighted by Gasteiger charge is -2.20. The molecule has 0 bridgehead atoms. The molecule has 0 saturated heterocycles. The number of aromatic nitrogens is 2. The normalized spacial score (nSPS) is 11.0. The molecule has 0 fully saturated rings. The van der Waals surface area contributed by atoms with Gasteiger partial charge in [-0.1, -0.05) is 29.8 Å². The van der Waals surface area contributed by atoms with Crippen LogP contribution < -0.4 is 5.69 Å². The van der Waals surface area contributed by atoms with E-state index in [2.05, 4.69) is 6.58 Å². The summed E-state index contributed by atoms with van der Waals surface area (Å²) in [6.07, 6.45) is 1.69. The quantitative estimate of drug-likeness (QED) is 0.578. The highest BCUT2D eigenvalue weighted by Gasteiger charge is 2.19. The number of hydrogen-bond acceptors (Lipinski definition) is 3. The Morgan fingerprint density at radius 2 is 1.92 bits per heavy atom. The molecule has 0 N–H and O–H groups in total. The van der Waals surface area contributed by atoms with E-state index in [9.17, 15) is 9.59 Å². The molecule has 0 unspecified atom stereocenters. The van der Waals surface area contributed by atoms with E-state index in [1.807, 2.05) is 43.3 Å². The van der Waals surface area contributed by atoms with Crippen molar-refractivity contribution in [1.29, 1.82) is 0 Å². The molecular weight excluding hydrogens is 370 g/mol. The third-order valence-corrected chi connectivity index (χ3v) is 5.43. The Bertz CT molecular complexity index is 1000. The van der Waals surface area contributed by atoms with Crippen molar-refractivity contribution in [3.8, 4) is 0 Å². The second-order valence-corrected chi connectivity index (χ2v) is 7.67. The molecule has 2 aromatic heterocycles. The molecule has 2 heterocycles. The second-order valence-electron chi connectivity index (χ2n) is 5.87. The predicted octanol–water partition coefficient (Wildman–Crippen LogP) is 3.75. The zero-order valence-electron chi connectivity index (χ0n) is 14.5. The molecule has 1 amide bonds. The first-order valence-corrected chi connectivity index (χ1v) is 9.55. The van der Waals surface area contributed by atoms with Crippen LogP contribution in [0.25, 0.3) is 11.0 Å². The number of nitrogens with zero attached hydrogens (tertiary/aromatic N) is 3. The van der Waals surface area contributed by atoms with Crippen LogP contribution in [0, 0.1) is 0 Å². The van der Waals surface area contributed by atoms with Crippen LogP contribution in [0.2, 0.25) is 4.34 Å². The smallest absolute Gasteiger partial charge is 0.329 e. The van der Waals surface area contributed by atoms with Crippen LogP contribution in [-0.2, 0) is 24.4 Å². The van der Waals surface area contributed by atoms with Gasteiger partial charge in [-0.25, -0.2) is 4.79 Å². The van der Waals surface area contributed by atoms with E-state index in [4.69, 9.17) is 11.6 Å². The number of benzene rings is 1. The van der Waals surface area contributed by atoms with Crippen LogP contribution in [0.4, 0.5) is 0 Å². The van der Waals surface area contributed by atoms with Gasteiger partial charge in [0.15, 0.2) is 0 Å². The summed E-state index contributed by atoms with van der Waals surface area (Å²) in [6.45, 7) is 7.07. The van der Waals surface area contributed by atoms with Gasteiger partial charge in [-0.05, 0) is 31.2 Å². The number of aryl methyl sites for hydroxylation is 1. The molecule has 0 aliphatic rings. The summed E-state index contributed by atoms with van der Waals surface area (Å²) in [4.78, 5) is 28.3. The van der Waals surface area contributed by atoms with Crippen LogP contribution in [-0.4, -0.2) is 26.5 Å². The molecule has 3 rings (SSSR count). The lowest BCUT2D eigenvalue weighted by atomic mass is 10.3. The van der Waals surface area contributed by atoms with Gasteiger partial charge in [-0.2, -0.15) is 0 Å². The van der Waals surface area contributed by atoms with Crippen molar-refractivity contribution in [3.63, 3.8) is 0 Å². The SMILES string of the molecule is C=CCN(Cc1ccc(Cl)s1)C(=O)Cn1c(=O)n(CC)c2ccccc21. The molecule has 0 aliphatic heterocycles. The van der Waals surface area contributed by atoms with Crippen molar-refractivity contribution < 1.29 is 4.79 Å². The summed E-state index contributed by atoms with van der Waals surface area (Å²) in [5.74, 6) is -0.129. The van der Waals surface area contributed by atoms with Crippen molar-refractivity contribution in [2.45, 2.75) is 26.6 Å². The Hall–Kier alpha value is -2.31. The topological polar surface area (TPSA) is 47.2 Å². The number of carbonyl (C=O) groups excluding carboxylic acids is 1. The molecule has 7 heteroatoms.